The summed E-state index contributed by atoms with van der Waals surface area (Å²) in [4.78, 5) is 17.6. The minimum atomic E-state index is -0.437. The molecule has 2 rings (SSSR count). The van der Waals surface area contributed by atoms with Gasteiger partial charge in [0.05, 0.1) is 12.1 Å². The summed E-state index contributed by atoms with van der Waals surface area (Å²) in [6.07, 6.45) is 3.97. The first kappa shape index (κ1) is 13.1. The first-order valence-corrected chi connectivity index (χ1v) is 6.60. The SMILES string of the molecule is CC(C)(C)[C@@H](N)C(=O)N1CCCC1c1ccc[nH]1. The lowest BCUT2D eigenvalue weighted by molar-refractivity contribution is -0.136. The van der Waals surface area contributed by atoms with Gasteiger partial charge in [0.2, 0.25) is 5.91 Å². The highest BCUT2D eigenvalue weighted by atomic mass is 16.2. The summed E-state index contributed by atoms with van der Waals surface area (Å²) in [6.45, 7) is 6.84. The van der Waals surface area contributed by atoms with Crippen molar-refractivity contribution in [3.63, 3.8) is 0 Å². The topological polar surface area (TPSA) is 62.1 Å². The zero-order valence-electron chi connectivity index (χ0n) is 11.4. The van der Waals surface area contributed by atoms with Gasteiger partial charge in [-0.25, -0.2) is 0 Å². The van der Waals surface area contributed by atoms with Crippen LogP contribution >= 0.6 is 0 Å². The zero-order chi connectivity index (χ0) is 13.3. The fourth-order valence-corrected chi connectivity index (χ4v) is 2.45. The molecule has 18 heavy (non-hydrogen) atoms. The van der Waals surface area contributed by atoms with Gasteiger partial charge in [-0.3, -0.25) is 4.79 Å². The van der Waals surface area contributed by atoms with E-state index in [1.165, 1.54) is 0 Å². The van der Waals surface area contributed by atoms with E-state index in [0.29, 0.717) is 0 Å². The fraction of sp³-hybridized carbons (Fsp3) is 0.643. The Morgan fingerprint density at radius 1 is 1.56 bits per heavy atom. The molecule has 0 aliphatic carbocycles. The van der Waals surface area contributed by atoms with Crippen molar-refractivity contribution >= 4 is 5.91 Å². The van der Waals surface area contributed by atoms with Gasteiger partial charge in [-0.05, 0) is 30.4 Å². The number of nitrogens with one attached hydrogen (secondary N) is 1. The molecule has 1 amide bonds. The van der Waals surface area contributed by atoms with Crippen molar-refractivity contribution in [2.24, 2.45) is 11.1 Å². The van der Waals surface area contributed by atoms with E-state index in [4.69, 9.17) is 5.73 Å². The zero-order valence-corrected chi connectivity index (χ0v) is 11.4. The van der Waals surface area contributed by atoms with Crippen molar-refractivity contribution in [1.82, 2.24) is 9.88 Å². The predicted octanol–water partition coefficient (Wildman–Crippen LogP) is 2.05. The first-order valence-electron chi connectivity index (χ1n) is 6.60. The number of hydrogen-bond acceptors (Lipinski definition) is 2. The summed E-state index contributed by atoms with van der Waals surface area (Å²) < 4.78 is 0. The van der Waals surface area contributed by atoms with Crippen molar-refractivity contribution in [3.05, 3.63) is 24.0 Å². The third-order valence-electron chi connectivity index (χ3n) is 3.72. The summed E-state index contributed by atoms with van der Waals surface area (Å²) in [5.41, 5.74) is 7.01. The highest BCUT2D eigenvalue weighted by molar-refractivity contribution is 5.83. The average molecular weight is 249 g/mol. The number of aromatic nitrogens is 1. The van der Waals surface area contributed by atoms with Gasteiger partial charge < -0.3 is 15.6 Å². The maximum atomic E-state index is 12.5. The van der Waals surface area contributed by atoms with Crippen LogP contribution in [0.25, 0.3) is 0 Å². The fourth-order valence-electron chi connectivity index (χ4n) is 2.45. The summed E-state index contributed by atoms with van der Waals surface area (Å²) >= 11 is 0. The molecule has 0 aromatic carbocycles. The van der Waals surface area contributed by atoms with Crippen LogP contribution in [-0.2, 0) is 4.79 Å². The van der Waals surface area contributed by atoms with Gasteiger partial charge in [-0.1, -0.05) is 20.8 Å². The highest BCUT2D eigenvalue weighted by Gasteiger charge is 2.37. The molecule has 1 unspecified atom stereocenters. The number of carbonyl (C=O) groups is 1. The van der Waals surface area contributed by atoms with E-state index in [1.54, 1.807) is 0 Å². The molecule has 0 spiro atoms. The van der Waals surface area contributed by atoms with Gasteiger partial charge in [0.25, 0.3) is 0 Å². The van der Waals surface area contributed by atoms with Gasteiger partial charge in [0, 0.05) is 18.4 Å². The smallest absolute Gasteiger partial charge is 0.240 e. The number of nitrogens with two attached hydrogens (primary N) is 1. The van der Waals surface area contributed by atoms with E-state index in [9.17, 15) is 4.79 Å². The van der Waals surface area contributed by atoms with Gasteiger partial charge >= 0.3 is 0 Å². The Balaban J connectivity index is 2.15. The molecule has 3 N–H and O–H groups in total. The number of nitrogens with zero attached hydrogens (tertiary/aromatic N) is 1. The van der Waals surface area contributed by atoms with E-state index in [1.807, 2.05) is 44.0 Å². The summed E-state index contributed by atoms with van der Waals surface area (Å²) in [5, 5.41) is 0. The molecule has 0 radical (unpaired) electrons. The minimum absolute atomic E-state index is 0.0691. The molecule has 2 heterocycles. The molecule has 1 aromatic heterocycles. The van der Waals surface area contributed by atoms with Gasteiger partial charge in [0.15, 0.2) is 0 Å². The van der Waals surface area contributed by atoms with Crippen molar-refractivity contribution in [3.8, 4) is 0 Å². The number of hydrogen-bond donors (Lipinski definition) is 2. The molecular formula is C14H23N3O. The van der Waals surface area contributed by atoms with Crippen molar-refractivity contribution in [2.75, 3.05) is 6.54 Å². The molecule has 1 aliphatic rings. The van der Waals surface area contributed by atoms with Gasteiger partial charge in [-0.15, -0.1) is 0 Å². The lowest BCUT2D eigenvalue weighted by Crippen LogP contribution is -2.50. The lowest BCUT2D eigenvalue weighted by Gasteiger charge is -2.32. The van der Waals surface area contributed by atoms with Crippen LogP contribution < -0.4 is 5.73 Å². The molecular weight excluding hydrogens is 226 g/mol. The number of H-pyrrole nitrogens is 1. The Morgan fingerprint density at radius 2 is 2.28 bits per heavy atom. The quantitative estimate of drug-likeness (QED) is 0.842. The van der Waals surface area contributed by atoms with Crippen LogP contribution in [0.1, 0.15) is 45.3 Å². The molecule has 0 bridgehead atoms. The highest BCUT2D eigenvalue weighted by Crippen LogP contribution is 2.32. The Labute approximate surface area is 109 Å². The third-order valence-corrected chi connectivity index (χ3v) is 3.72. The van der Waals surface area contributed by atoms with Crippen LogP contribution in [0.5, 0.6) is 0 Å². The molecule has 1 fully saturated rings. The van der Waals surface area contributed by atoms with Crippen molar-refractivity contribution in [2.45, 2.75) is 45.7 Å². The number of carbonyl (C=O) groups excluding carboxylic acids is 1. The lowest BCUT2D eigenvalue weighted by atomic mass is 9.86. The predicted molar refractivity (Wildman–Crippen MR) is 71.9 cm³/mol. The second-order valence-corrected chi connectivity index (χ2v) is 6.16. The molecule has 4 heteroatoms. The Hall–Kier alpha value is -1.29. The van der Waals surface area contributed by atoms with Crippen LogP contribution in [0, 0.1) is 5.41 Å². The number of aromatic amines is 1. The maximum absolute atomic E-state index is 12.5. The second-order valence-electron chi connectivity index (χ2n) is 6.16. The third kappa shape index (κ3) is 2.43. The number of amides is 1. The van der Waals surface area contributed by atoms with E-state index in [0.717, 1.165) is 25.1 Å². The normalized spacial score (nSPS) is 22.2. The average Bonchev–Trinajstić information content (AvgIpc) is 2.95. The van der Waals surface area contributed by atoms with E-state index in [-0.39, 0.29) is 17.4 Å². The molecule has 1 aromatic rings. The number of rotatable bonds is 2. The van der Waals surface area contributed by atoms with E-state index in [2.05, 4.69) is 4.98 Å². The van der Waals surface area contributed by atoms with Crippen LogP contribution in [0.4, 0.5) is 0 Å². The number of likely N-dealkylation sites (tertiary alicyclic amines) is 1. The van der Waals surface area contributed by atoms with Crippen LogP contribution in [0.2, 0.25) is 0 Å². The van der Waals surface area contributed by atoms with Crippen LogP contribution in [-0.4, -0.2) is 28.4 Å². The molecule has 1 saturated heterocycles. The van der Waals surface area contributed by atoms with Crippen molar-refractivity contribution in [1.29, 1.82) is 0 Å². The van der Waals surface area contributed by atoms with Gasteiger partial charge in [-0.2, -0.15) is 0 Å². The Bertz CT molecular complexity index is 405. The molecule has 0 saturated carbocycles. The van der Waals surface area contributed by atoms with Gasteiger partial charge in [0.1, 0.15) is 0 Å². The summed E-state index contributed by atoms with van der Waals surface area (Å²) in [6, 6.07) is 3.74. The Morgan fingerprint density at radius 3 is 2.83 bits per heavy atom. The minimum Gasteiger partial charge on any atom is -0.363 e. The molecule has 1 aliphatic heterocycles. The summed E-state index contributed by atoms with van der Waals surface area (Å²) in [7, 11) is 0. The standard InChI is InChI=1S/C14H23N3O/c1-14(2,3)12(15)13(18)17-9-5-7-11(17)10-6-4-8-16-10/h4,6,8,11-12,16H,5,7,9,15H2,1-3H3/t11?,12-/m0/s1. The molecule has 100 valence electrons. The Kier molecular flexibility index (Phi) is 3.48. The van der Waals surface area contributed by atoms with E-state index < -0.39 is 6.04 Å². The van der Waals surface area contributed by atoms with E-state index >= 15 is 0 Å². The van der Waals surface area contributed by atoms with Crippen molar-refractivity contribution < 1.29 is 4.79 Å². The molecule has 4 nitrogen and oxygen atoms in total. The first-order chi connectivity index (χ1) is 8.41. The van der Waals surface area contributed by atoms with Crippen LogP contribution in [0.3, 0.4) is 0 Å². The monoisotopic (exact) mass is 249 g/mol. The summed E-state index contributed by atoms with van der Waals surface area (Å²) in [5.74, 6) is 0.0691. The largest absolute Gasteiger partial charge is 0.363 e. The maximum Gasteiger partial charge on any atom is 0.240 e. The molecule has 2 atom stereocenters. The van der Waals surface area contributed by atoms with Crippen LogP contribution in [0.15, 0.2) is 18.3 Å². The second kappa shape index (κ2) is 4.76.